The van der Waals surface area contributed by atoms with Crippen molar-refractivity contribution in [2.45, 2.75) is 13.3 Å². The SMILES string of the molecule is CCS(=O)(=O)Nc1ccccc1C/C=C/CO. The third kappa shape index (κ3) is 4.58. The van der Waals surface area contributed by atoms with Crippen LogP contribution in [0.25, 0.3) is 0 Å². The third-order valence-corrected chi connectivity index (χ3v) is 3.56. The molecule has 0 saturated heterocycles. The van der Waals surface area contributed by atoms with Crippen molar-refractivity contribution in [1.82, 2.24) is 0 Å². The zero-order chi connectivity index (χ0) is 12.7. The van der Waals surface area contributed by atoms with Gasteiger partial charge in [-0.2, -0.15) is 0 Å². The van der Waals surface area contributed by atoms with Crippen LogP contribution in [-0.4, -0.2) is 25.9 Å². The maximum atomic E-state index is 11.5. The van der Waals surface area contributed by atoms with Gasteiger partial charge in [-0.25, -0.2) is 8.42 Å². The smallest absolute Gasteiger partial charge is 0.232 e. The van der Waals surface area contributed by atoms with Crippen molar-refractivity contribution in [2.75, 3.05) is 17.1 Å². The second kappa shape index (κ2) is 6.42. The van der Waals surface area contributed by atoms with E-state index in [1.165, 1.54) is 0 Å². The molecule has 94 valence electrons. The fourth-order valence-corrected chi connectivity index (χ4v) is 2.00. The fourth-order valence-electron chi connectivity index (χ4n) is 1.32. The van der Waals surface area contributed by atoms with Crippen molar-refractivity contribution >= 4 is 15.7 Å². The van der Waals surface area contributed by atoms with E-state index in [0.717, 1.165) is 5.56 Å². The Morgan fingerprint density at radius 3 is 2.65 bits per heavy atom. The Hall–Kier alpha value is -1.33. The average molecular weight is 255 g/mol. The number of rotatable bonds is 6. The first kappa shape index (κ1) is 13.7. The molecule has 1 aromatic rings. The summed E-state index contributed by atoms with van der Waals surface area (Å²) in [5.41, 5.74) is 1.48. The van der Waals surface area contributed by atoms with Crippen LogP contribution in [0, 0.1) is 0 Å². The Balaban J connectivity index is 2.88. The number of aliphatic hydroxyl groups is 1. The highest BCUT2D eigenvalue weighted by Crippen LogP contribution is 2.17. The van der Waals surface area contributed by atoms with Crippen LogP contribution >= 0.6 is 0 Å². The highest BCUT2D eigenvalue weighted by atomic mass is 32.2. The molecule has 4 nitrogen and oxygen atoms in total. The molecule has 17 heavy (non-hydrogen) atoms. The predicted molar refractivity (Wildman–Crippen MR) is 69.5 cm³/mol. The number of aliphatic hydroxyl groups excluding tert-OH is 1. The van der Waals surface area contributed by atoms with E-state index in [9.17, 15) is 8.42 Å². The summed E-state index contributed by atoms with van der Waals surface area (Å²) in [5, 5.41) is 8.64. The molecule has 0 spiro atoms. The van der Waals surface area contributed by atoms with E-state index in [2.05, 4.69) is 4.72 Å². The minimum Gasteiger partial charge on any atom is -0.392 e. The van der Waals surface area contributed by atoms with Gasteiger partial charge < -0.3 is 5.11 Å². The summed E-state index contributed by atoms with van der Waals surface area (Å²) < 4.78 is 25.5. The average Bonchev–Trinajstić information content (AvgIpc) is 2.31. The van der Waals surface area contributed by atoms with Crippen LogP contribution in [-0.2, 0) is 16.4 Å². The molecular weight excluding hydrogens is 238 g/mol. The van der Waals surface area contributed by atoms with Crippen LogP contribution in [0.2, 0.25) is 0 Å². The van der Waals surface area contributed by atoms with E-state index < -0.39 is 10.0 Å². The largest absolute Gasteiger partial charge is 0.392 e. The summed E-state index contributed by atoms with van der Waals surface area (Å²) in [6.45, 7) is 1.58. The molecule has 0 radical (unpaired) electrons. The third-order valence-electron chi connectivity index (χ3n) is 2.27. The molecule has 0 saturated carbocycles. The van der Waals surface area contributed by atoms with Crippen molar-refractivity contribution in [3.8, 4) is 0 Å². The first-order valence-corrected chi connectivity index (χ1v) is 7.08. The van der Waals surface area contributed by atoms with E-state index in [4.69, 9.17) is 5.11 Å². The van der Waals surface area contributed by atoms with E-state index in [1.54, 1.807) is 31.2 Å². The van der Waals surface area contributed by atoms with Gasteiger partial charge >= 0.3 is 0 Å². The minimum absolute atomic E-state index is 0.0111. The van der Waals surface area contributed by atoms with Crippen molar-refractivity contribution in [2.24, 2.45) is 0 Å². The molecule has 0 unspecified atom stereocenters. The van der Waals surface area contributed by atoms with Gasteiger partial charge in [0.05, 0.1) is 18.0 Å². The normalized spacial score (nSPS) is 11.9. The van der Waals surface area contributed by atoms with E-state index in [0.29, 0.717) is 12.1 Å². The molecule has 0 amide bonds. The zero-order valence-electron chi connectivity index (χ0n) is 9.76. The molecule has 0 aromatic heterocycles. The number of allylic oxidation sites excluding steroid dienone is 1. The van der Waals surface area contributed by atoms with Gasteiger partial charge in [-0.15, -0.1) is 0 Å². The predicted octanol–water partition coefficient (Wildman–Crippen LogP) is 1.54. The van der Waals surface area contributed by atoms with Crippen LogP contribution in [0.15, 0.2) is 36.4 Å². The van der Waals surface area contributed by atoms with Crippen LogP contribution < -0.4 is 4.72 Å². The second-order valence-electron chi connectivity index (χ2n) is 3.52. The van der Waals surface area contributed by atoms with Crippen LogP contribution in [0.1, 0.15) is 12.5 Å². The van der Waals surface area contributed by atoms with Gasteiger partial charge in [-0.1, -0.05) is 30.4 Å². The van der Waals surface area contributed by atoms with Gasteiger partial charge in [-0.05, 0) is 25.0 Å². The lowest BCUT2D eigenvalue weighted by Crippen LogP contribution is -2.15. The van der Waals surface area contributed by atoms with Crippen molar-refractivity contribution in [3.05, 3.63) is 42.0 Å². The molecule has 0 atom stereocenters. The highest BCUT2D eigenvalue weighted by molar-refractivity contribution is 7.92. The fraction of sp³-hybridized carbons (Fsp3) is 0.333. The minimum atomic E-state index is -3.25. The molecule has 1 rings (SSSR count). The molecule has 0 bridgehead atoms. The number of anilines is 1. The topological polar surface area (TPSA) is 66.4 Å². The number of sulfonamides is 1. The van der Waals surface area contributed by atoms with Gasteiger partial charge in [0.25, 0.3) is 0 Å². The molecule has 0 aliphatic heterocycles. The summed E-state index contributed by atoms with van der Waals surface area (Å²) in [7, 11) is -3.25. The van der Waals surface area contributed by atoms with E-state index >= 15 is 0 Å². The van der Waals surface area contributed by atoms with Gasteiger partial charge in [0, 0.05) is 0 Å². The maximum Gasteiger partial charge on any atom is 0.232 e. The number of nitrogens with one attached hydrogen (secondary N) is 1. The van der Waals surface area contributed by atoms with Crippen molar-refractivity contribution in [1.29, 1.82) is 0 Å². The Morgan fingerprint density at radius 2 is 2.00 bits per heavy atom. The molecule has 0 heterocycles. The summed E-state index contributed by atoms with van der Waals surface area (Å²) in [4.78, 5) is 0. The summed E-state index contributed by atoms with van der Waals surface area (Å²) >= 11 is 0. The molecular formula is C12H17NO3S. The van der Waals surface area contributed by atoms with E-state index in [1.807, 2.05) is 12.1 Å². The Morgan fingerprint density at radius 1 is 1.29 bits per heavy atom. The zero-order valence-corrected chi connectivity index (χ0v) is 10.6. The molecule has 1 aromatic carbocycles. The van der Waals surface area contributed by atoms with Crippen molar-refractivity contribution < 1.29 is 13.5 Å². The lowest BCUT2D eigenvalue weighted by molar-refractivity contribution is 0.342. The molecule has 2 N–H and O–H groups in total. The Bertz CT molecular complexity index is 480. The van der Waals surface area contributed by atoms with Crippen LogP contribution in [0.5, 0.6) is 0 Å². The number of benzene rings is 1. The summed E-state index contributed by atoms with van der Waals surface area (Å²) in [6, 6.07) is 7.23. The van der Waals surface area contributed by atoms with Crippen LogP contribution in [0.3, 0.4) is 0 Å². The summed E-state index contributed by atoms with van der Waals surface area (Å²) in [6.07, 6.45) is 4.02. The molecule has 5 heteroatoms. The lowest BCUT2D eigenvalue weighted by atomic mass is 10.1. The van der Waals surface area contributed by atoms with Gasteiger partial charge in [0.2, 0.25) is 10.0 Å². The Kier molecular flexibility index (Phi) is 5.18. The summed E-state index contributed by atoms with van der Waals surface area (Å²) in [5.74, 6) is 0.0494. The maximum absolute atomic E-state index is 11.5. The molecule has 0 aliphatic rings. The number of hydrogen-bond donors (Lipinski definition) is 2. The van der Waals surface area contributed by atoms with Crippen molar-refractivity contribution in [3.63, 3.8) is 0 Å². The van der Waals surface area contributed by atoms with Crippen LogP contribution in [0.4, 0.5) is 5.69 Å². The van der Waals surface area contributed by atoms with Gasteiger partial charge in [0.1, 0.15) is 0 Å². The highest BCUT2D eigenvalue weighted by Gasteiger charge is 2.08. The first-order chi connectivity index (χ1) is 8.09. The number of para-hydroxylation sites is 1. The lowest BCUT2D eigenvalue weighted by Gasteiger charge is -2.10. The first-order valence-electron chi connectivity index (χ1n) is 5.43. The second-order valence-corrected chi connectivity index (χ2v) is 5.53. The quantitative estimate of drug-likeness (QED) is 0.758. The van der Waals surface area contributed by atoms with E-state index in [-0.39, 0.29) is 12.4 Å². The Labute approximate surface area is 102 Å². The molecule has 0 fully saturated rings. The molecule has 0 aliphatic carbocycles. The monoisotopic (exact) mass is 255 g/mol. The number of hydrogen-bond acceptors (Lipinski definition) is 3. The van der Waals surface area contributed by atoms with Gasteiger partial charge in [-0.3, -0.25) is 4.72 Å². The standard InChI is InChI=1S/C12H17NO3S/c1-2-17(15,16)13-12-9-4-3-7-11(12)8-5-6-10-14/h3-7,9,13-14H,2,8,10H2,1H3/b6-5+. The van der Waals surface area contributed by atoms with Gasteiger partial charge in [0.15, 0.2) is 0 Å².